The van der Waals surface area contributed by atoms with Gasteiger partial charge in [0, 0.05) is 13.2 Å². The molecule has 10 heteroatoms. The Labute approximate surface area is 144 Å². The average molecular weight is 377 g/mol. The summed E-state index contributed by atoms with van der Waals surface area (Å²) < 4.78 is 57.0. The fourth-order valence-corrected chi connectivity index (χ4v) is 3.43. The van der Waals surface area contributed by atoms with Crippen molar-refractivity contribution in [2.24, 2.45) is 0 Å². The van der Waals surface area contributed by atoms with Crippen LogP contribution in [0.5, 0.6) is 0 Å². The lowest BCUT2D eigenvalue weighted by molar-refractivity contribution is -0.145. The molecule has 5 nitrogen and oxygen atoms in total. The molecule has 2 aromatic heterocycles. The van der Waals surface area contributed by atoms with Crippen LogP contribution in [0.3, 0.4) is 0 Å². The molecule has 1 amide bonds. The maximum absolute atomic E-state index is 12.8. The number of alkyl halides is 4. The monoisotopic (exact) mass is 377 g/mol. The third-order valence-electron chi connectivity index (χ3n) is 3.78. The fraction of sp³-hybridized carbons (Fsp3) is 0.467. The van der Waals surface area contributed by atoms with Crippen molar-refractivity contribution >= 4 is 17.2 Å². The van der Waals surface area contributed by atoms with Crippen molar-refractivity contribution in [2.45, 2.75) is 31.9 Å². The molecule has 0 aromatic carbocycles. The zero-order valence-electron chi connectivity index (χ0n) is 13.0. The van der Waals surface area contributed by atoms with Crippen LogP contribution in [0.25, 0.3) is 10.6 Å². The van der Waals surface area contributed by atoms with Gasteiger partial charge in [0.15, 0.2) is 6.80 Å². The standard InChI is InChI=1S/C15H15F4N3O2S/c16-8-22-13(15(17,18)19)6-10(21-22)11-3-4-12(25-11)14(23)20-7-9-2-1-5-24-9/h3-4,6,9H,1-2,5,7-8H2,(H,20,23). The van der Waals surface area contributed by atoms with Crippen LogP contribution in [0.1, 0.15) is 28.2 Å². The summed E-state index contributed by atoms with van der Waals surface area (Å²) in [4.78, 5) is 12.8. The zero-order chi connectivity index (χ0) is 18.0. The van der Waals surface area contributed by atoms with Gasteiger partial charge in [0.2, 0.25) is 0 Å². The number of nitrogens with one attached hydrogen (secondary N) is 1. The normalized spacial score (nSPS) is 17.8. The van der Waals surface area contributed by atoms with Crippen molar-refractivity contribution in [2.75, 3.05) is 13.2 Å². The summed E-state index contributed by atoms with van der Waals surface area (Å²) in [5, 5.41) is 6.37. The van der Waals surface area contributed by atoms with E-state index < -0.39 is 18.7 Å². The summed E-state index contributed by atoms with van der Waals surface area (Å²) >= 11 is 1.00. The van der Waals surface area contributed by atoms with Gasteiger partial charge in [-0.1, -0.05) is 0 Å². The van der Waals surface area contributed by atoms with Gasteiger partial charge in [-0.3, -0.25) is 4.79 Å². The first-order valence-electron chi connectivity index (χ1n) is 7.59. The van der Waals surface area contributed by atoms with Crippen LogP contribution in [0, 0.1) is 0 Å². The molecule has 1 saturated heterocycles. The number of thiophene rings is 1. The molecule has 3 rings (SSSR count). The van der Waals surface area contributed by atoms with E-state index in [1.807, 2.05) is 0 Å². The predicted molar refractivity (Wildman–Crippen MR) is 83.0 cm³/mol. The molecule has 3 heterocycles. The SMILES string of the molecule is O=C(NCC1CCCO1)c1ccc(-c2cc(C(F)(F)F)n(CF)n2)s1. The summed E-state index contributed by atoms with van der Waals surface area (Å²) in [6, 6.07) is 3.78. The molecule has 1 aliphatic heterocycles. The van der Waals surface area contributed by atoms with Crippen molar-refractivity contribution in [1.82, 2.24) is 15.1 Å². The van der Waals surface area contributed by atoms with E-state index in [1.54, 1.807) is 0 Å². The molecule has 0 aliphatic carbocycles. The number of hydrogen-bond acceptors (Lipinski definition) is 4. The van der Waals surface area contributed by atoms with Gasteiger partial charge in [-0.2, -0.15) is 18.3 Å². The molecule has 0 bridgehead atoms. The quantitative estimate of drug-likeness (QED) is 0.812. The molecule has 0 radical (unpaired) electrons. The number of hydrogen-bond donors (Lipinski definition) is 1. The van der Waals surface area contributed by atoms with Crippen LogP contribution in [0.15, 0.2) is 18.2 Å². The second kappa shape index (κ2) is 7.12. The second-order valence-corrected chi connectivity index (χ2v) is 6.62. The molecule has 25 heavy (non-hydrogen) atoms. The van der Waals surface area contributed by atoms with E-state index in [0.29, 0.717) is 22.9 Å². The average Bonchev–Trinajstić information content (AvgIpc) is 3.30. The van der Waals surface area contributed by atoms with E-state index in [1.165, 1.54) is 12.1 Å². The topological polar surface area (TPSA) is 56.1 Å². The van der Waals surface area contributed by atoms with Gasteiger partial charge in [-0.15, -0.1) is 11.3 Å². The molecule has 2 aromatic rings. The molecular weight excluding hydrogens is 362 g/mol. The first kappa shape index (κ1) is 17.9. The van der Waals surface area contributed by atoms with Gasteiger partial charge >= 0.3 is 6.18 Å². The third-order valence-corrected chi connectivity index (χ3v) is 4.89. The van der Waals surface area contributed by atoms with Crippen LogP contribution in [-0.4, -0.2) is 34.9 Å². The highest BCUT2D eigenvalue weighted by molar-refractivity contribution is 7.17. The summed E-state index contributed by atoms with van der Waals surface area (Å²) in [6.07, 6.45) is -2.85. The molecule has 1 atom stereocenters. The van der Waals surface area contributed by atoms with Crippen LogP contribution >= 0.6 is 11.3 Å². The zero-order valence-corrected chi connectivity index (χ0v) is 13.8. The van der Waals surface area contributed by atoms with Crippen molar-refractivity contribution in [3.05, 3.63) is 28.8 Å². The van der Waals surface area contributed by atoms with E-state index in [2.05, 4.69) is 10.4 Å². The Morgan fingerprint density at radius 2 is 2.24 bits per heavy atom. The van der Waals surface area contributed by atoms with E-state index in [0.717, 1.165) is 30.2 Å². The molecule has 1 aliphatic rings. The Morgan fingerprint density at radius 3 is 2.84 bits per heavy atom. The molecule has 0 saturated carbocycles. The van der Waals surface area contributed by atoms with Crippen LogP contribution in [0.2, 0.25) is 0 Å². The molecule has 1 fully saturated rings. The molecule has 0 spiro atoms. The Balaban J connectivity index is 1.72. The highest BCUT2D eigenvalue weighted by Gasteiger charge is 2.36. The maximum atomic E-state index is 12.8. The van der Waals surface area contributed by atoms with E-state index in [4.69, 9.17) is 4.74 Å². The summed E-state index contributed by atoms with van der Waals surface area (Å²) in [5.41, 5.74) is -1.18. The minimum absolute atomic E-state index is 0.00187. The van der Waals surface area contributed by atoms with E-state index >= 15 is 0 Å². The Hall–Kier alpha value is -1.94. The number of carbonyl (C=O) groups excluding carboxylic acids is 1. The highest BCUT2D eigenvalue weighted by Crippen LogP contribution is 2.34. The Bertz CT molecular complexity index is 750. The molecular formula is C15H15F4N3O2S. The second-order valence-electron chi connectivity index (χ2n) is 5.54. The number of carbonyl (C=O) groups is 1. The third kappa shape index (κ3) is 4.01. The van der Waals surface area contributed by atoms with Gasteiger partial charge in [-0.05, 0) is 31.0 Å². The van der Waals surface area contributed by atoms with E-state index in [-0.39, 0.29) is 22.4 Å². The molecule has 1 unspecified atom stereocenters. The predicted octanol–water partition coefficient (Wildman–Crippen LogP) is 3.47. The van der Waals surface area contributed by atoms with Crippen molar-refractivity contribution in [3.63, 3.8) is 0 Å². The number of aromatic nitrogens is 2. The first-order chi connectivity index (χ1) is 11.9. The fourth-order valence-electron chi connectivity index (χ4n) is 2.55. The minimum atomic E-state index is -4.70. The summed E-state index contributed by atoms with van der Waals surface area (Å²) in [7, 11) is 0. The maximum Gasteiger partial charge on any atom is 0.433 e. The first-order valence-corrected chi connectivity index (χ1v) is 8.41. The van der Waals surface area contributed by atoms with Crippen LogP contribution in [0.4, 0.5) is 17.6 Å². The van der Waals surface area contributed by atoms with Gasteiger partial charge in [0.25, 0.3) is 5.91 Å². The smallest absolute Gasteiger partial charge is 0.376 e. The molecule has 1 N–H and O–H groups in total. The van der Waals surface area contributed by atoms with Gasteiger partial charge < -0.3 is 10.1 Å². The number of amides is 1. The van der Waals surface area contributed by atoms with Crippen molar-refractivity contribution in [3.8, 4) is 10.6 Å². The van der Waals surface area contributed by atoms with Gasteiger partial charge in [0.05, 0.1) is 15.9 Å². The van der Waals surface area contributed by atoms with Gasteiger partial charge in [-0.25, -0.2) is 9.07 Å². The largest absolute Gasteiger partial charge is 0.433 e. The number of nitrogens with zero attached hydrogens (tertiary/aromatic N) is 2. The van der Waals surface area contributed by atoms with Gasteiger partial charge in [0.1, 0.15) is 11.4 Å². The Kier molecular flexibility index (Phi) is 5.09. The van der Waals surface area contributed by atoms with Crippen LogP contribution in [-0.2, 0) is 17.7 Å². The van der Waals surface area contributed by atoms with E-state index in [9.17, 15) is 22.4 Å². The van der Waals surface area contributed by atoms with Crippen LogP contribution < -0.4 is 5.32 Å². The van der Waals surface area contributed by atoms with Crippen molar-refractivity contribution in [1.29, 1.82) is 0 Å². The number of rotatable bonds is 5. The lowest BCUT2D eigenvalue weighted by atomic mass is 10.2. The lowest BCUT2D eigenvalue weighted by Gasteiger charge is -2.09. The Morgan fingerprint density at radius 1 is 1.44 bits per heavy atom. The summed E-state index contributed by atoms with van der Waals surface area (Å²) in [6.45, 7) is -0.307. The number of ether oxygens (including phenoxy) is 1. The molecule has 136 valence electrons. The number of halogens is 4. The lowest BCUT2D eigenvalue weighted by Crippen LogP contribution is -2.31. The highest BCUT2D eigenvalue weighted by atomic mass is 32.1. The summed E-state index contributed by atoms with van der Waals surface area (Å²) in [5.74, 6) is -0.326. The van der Waals surface area contributed by atoms with Crippen molar-refractivity contribution < 1.29 is 27.1 Å². The minimum Gasteiger partial charge on any atom is -0.376 e.